The highest BCUT2D eigenvalue weighted by molar-refractivity contribution is 9.10. The Balaban J connectivity index is 2.05. The van der Waals surface area contributed by atoms with Gasteiger partial charge in [-0.25, -0.2) is 5.43 Å². The van der Waals surface area contributed by atoms with Gasteiger partial charge in [0.1, 0.15) is 5.75 Å². The fourth-order valence-corrected chi connectivity index (χ4v) is 1.93. The number of carbonyl (C=O) groups is 1. The number of para-hydroxylation sites is 1. The number of benzene rings is 2. The maximum Gasteiger partial charge on any atom is 0.273 e. The number of nitrogens with zero attached hydrogens (tertiary/aromatic N) is 1. The first-order chi connectivity index (χ1) is 9.58. The lowest BCUT2D eigenvalue weighted by molar-refractivity contribution is 0.0956. The van der Waals surface area contributed by atoms with Crippen LogP contribution in [0, 0.1) is 0 Å². The number of amides is 1. The van der Waals surface area contributed by atoms with Crippen LogP contribution in [0.1, 0.15) is 15.9 Å². The Bertz CT molecular complexity index is 671. The molecule has 0 aliphatic carbocycles. The molecule has 6 heteroatoms. The van der Waals surface area contributed by atoms with Crippen LogP contribution in [-0.2, 0) is 0 Å². The summed E-state index contributed by atoms with van der Waals surface area (Å²) in [6.07, 6.45) is 1.47. The molecule has 0 bridgehead atoms. The zero-order valence-electron chi connectivity index (χ0n) is 10.4. The average Bonchev–Trinajstić information content (AvgIpc) is 2.43. The minimum Gasteiger partial charge on any atom is -0.507 e. The maximum atomic E-state index is 11.8. The zero-order valence-corrected chi connectivity index (χ0v) is 12.0. The molecule has 0 fully saturated rings. The van der Waals surface area contributed by atoms with Crippen molar-refractivity contribution in [3.05, 3.63) is 58.1 Å². The van der Waals surface area contributed by atoms with Gasteiger partial charge in [0.05, 0.1) is 16.3 Å². The molecule has 0 heterocycles. The Hall–Kier alpha value is -2.34. The molecular formula is C14H12BrN3O2. The van der Waals surface area contributed by atoms with Gasteiger partial charge < -0.3 is 10.8 Å². The standard InChI is InChI=1S/C14H12BrN3O2/c15-11-7-9(5-6-13(11)19)8-17-18-14(20)10-3-1-2-4-12(10)16/h1-8,19H,16H2,(H,18,20)/b17-8-. The summed E-state index contributed by atoms with van der Waals surface area (Å²) in [5, 5.41) is 13.2. The number of hydrogen-bond donors (Lipinski definition) is 3. The number of hydrazone groups is 1. The number of halogens is 1. The smallest absolute Gasteiger partial charge is 0.273 e. The highest BCUT2D eigenvalue weighted by Gasteiger charge is 2.06. The average molecular weight is 334 g/mol. The Kier molecular flexibility index (Phi) is 4.37. The summed E-state index contributed by atoms with van der Waals surface area (Å²) in [6, 6.07) is 11.6. The summed E-state index contributed by atoms with van der Waals surface area (Å²) in [7, 11) is 0. The Morgan fingerprint density at radius 3 is 2.75 bits per heavy atom. The van der Waals surface area contributed by atoms with Gasteiger partial charge in [0.15, 0.2) is 0 Å². The van der Waals surface area contributed by atoms with E-state index in [0.717, 1.165) is 5.56 Å². The topological polar surface area (TPSA) is 87.7 Å². The Morgan fingerprint density at radius 2 is 2.05 bits per heavy atom. The van der Waals surface area contributed by atoms with Crippen LogP contribution in [-0.4, -0.2) is 17.2 Å². The highest BCUT2D eigenvalue weighted by atomic mass is 79.9. The molecule has 20 heavy (non-hydrogen) atoms. The molecule has 0 atom stereocenters. The first-order valence-electron chi connectivity index (χ1n) is 5.74. The second-order valence-corrected chi connectivity index (χ2v) is 4.85. The molecule has 4 N–H and O–H groups in total. The van der Waals surface area contributed by atoms with Crippen molar-refractivity contribution in [3.8, 4) is 5.75 Å². The van der Waals surface area contributed by atoms with E-state index >= 15 is 0 Å². The van der Waals surface area contributed by atoms with E-state index in [4.69, 9.17) is 5.73 Å². The molecule has 0 spiro atoms. The number of aromatic hydroxyl groups is 1. The third-order valence-corrected chi connectivity index (χ3v) is 3.19. The number of nitrogen functional groups attached to an aromatic ring is 1. The third-order valence-electron chi connectivity index (χ3n) is 2.56. The van der Waals surface area contributed by atoms with Gasteiger partial charge in [0, 0.05) is 5.69 Å². The predicted molar refractivity (Wildman–Crippen MR) is 81.7 cm³/mol. The van der Waals surface area contributed by atoms with E-state index in [9.17, 15) is 9.90 Å². The number of phenols is 1. The van der Waals surface area contributed by atoms with Crippen molar-refractivity contribution in [2.45, 2.75) is 0 Å². The monoisotopic (exact) mass is 333 g/mol. The van der Waals surface area contributed by atoms with Gasteiger partial charge in [-0.3, -0.25) is 4.79 Å². The lowest BCUT2D eigenvalue weighted by atomic mass is 10.2. The second-order valence-electron chi connectivity index (χ2n) is 4.00. The van der Waals surface area contributed by atoms with Gasteiger partial charge >= 0.3 is 0 Å². The van der Waals surface area contributed by atoms with Gasteiger partial charge in [0.2, 0.25) is 0 Å². The number of nitrogens with two attached hydrogens (primary N) is 1. The minimum atomic E-state index is -0.378. The fraction of sp³-hybridized carbons (Fsp3) is 0. The number of phenolic OH excluding ortho intramolecular Hbond substituents is 1. The van der Waals surface area contributed by atoms with Crippen LogP contribution in [0.2, 0.25) is 0 Å². The molecule has 0 aliphatic rings. The predicted octanol–water partition coefficient (Wildman–Crippen LogP) is 2.50. The molecule has 0 saturated carbocycles. The normalized spacial score (nSPS) is 10.7. The fourth-order valence-electron chi connectivity index (χ4n) is 1.53. The summed E-state index contributed by atoms with van der Waals surface area (Å²) in [5.41, 5.74) is 9.59. The largest absolute Gasteiger partial charge is 0.507 e. The maximum absolute atomic E-state index is 11.8. The zero-order chi connectivity index (χ0) is 14.5. The van der Waals surface area contributed by atoms with Crippen LogP contribution < -0.4 is 11.2 Å². The SMILES string of the molecule is Nc1ccccc1C(=O)N/N=C\c1ccc(O)c(Br)c1. The molecule has 0 aliphatic heterocycles. The quantitative estimate of drug-likeness (QED) is 0.458. The number of nitrogens with one attached hydrogen (secondary N) is 1. The van der Waals surface area contributed by atoms with Crippen molar-refractivity contribution >= 4 is 33.7 Å². The summed E-state index contributed by atoms with van der Waals surface area (Å²) in [4.78, 5) is 11.8. The van der Waals surface area contributed by atoms with E-state index in [1.165, 1.54) is 12.3 Å². The number of carbonyl (C=O) groups excluding carboxylic acids is 1. The van der Waals surface area contributed by atoms with Crippen LogP contribution in [0.4, 0.5) is 5.69 Å². The summed E-state index contributed by atoms with van der Waals surface area (Å²) in [6.45, 7) is 0. The van der Waals surface area contributed by atoms with Gasteiger partial charge in [-0.2, -0.15) is 5.10 Å². The molecular weight excluding hydrogens is 322 g/mol. The highest BCUT2D eigenvalue weighted by Crippen LogP contribution is 2.23. The van der Waals surface area contributed by atoms with Crippen molar-refractivity contribution in [3.63, 3.8) is 0 Å². The van der Waals surface area contributed by atoms with Crippen molar-refractivity contribution in [1.29, 1.82) is 0 Å². The van der Waals surface area contributed by atoms with Gasteiger partial charge in [-0.15, -0.1) is 0 Å². The number of anilines is 1. The van der Waals surface area contributed by atoms with Crippen LogP contribution in [0.15, 0.2) is 52.0 Å². The lowest BCUT2D eigenvalue weighted by Crippen LogP contribution is -2.18. The second kappa shape index (κ2) is 6.21. The molecule has 1 amide bonds. The Labute approximate surface area is 124 Å². The first kappa shape index (κ1) is 14.1. The minimum absolute atomic E-state index is 0.142. The molecule has 2 rings (SSSR count). The van der Waals surface area contributed by atoms with Gasteiger partial charge in [-0.05, 0) is 51.8 Å². The van der Waals surface area contributed by atoms with E-state index in [1.54, 1.807) is 36.4 Å². The third kappa shape index (κ3) is 3.36. The van der Waals surface area contributed by atoms with Gasteiger partial charge in [-0.1, -0.05) is 12.1 Å². The van der Waals surface area contributed by atoms with E-state index in [0.29, 0.717) is 15.7 Å². The molecule has 0 aromatic heterocycles. The molecule has 0 unspecified atom stereocenters. The van der Waals surface area contributed by atoms with Gasteiger partial charge in [0.25, 0.3) is 5.91 Å². The first-order valence-corrected chi connectivity index (χ1v) is 6.53. The van der Waals surface area contributed by atoms with Crippen LogP contribution >= 0.6 is 15.9 Å². The van der Waals surface area contributed by atoms with Crippen LogP contribution in [0.5, 0.6) is 5.75 Å². The van der Waals surface area contributed by atoms with Crippen LogP contribution in [0.3, 0.4) is 0 Å². The number of rotatable bonds is 3. The molecule has 0 radical (unpaired) electrons. The van der Waals surface area contributed by atoms with E-state index in [-0.39, 0.29) is 11.7 Å². The lowest BCUT2D eigenvalue weighted by Gasteiger charge is -2.03. The molecule has 5 nitrogen and oxygen atoms in total. The summed E-state index contributed by atoms with van der Waals surface area (Å²) in [5.74, 6) is -0.236. The molecule has 102 valence electrons. The van der Waals surface area contributed by atoms with Crippen molar-refractivity contribution in [2.24, 2.45) is 5.10 Å². The molecule has 2 aromatic rings. The Morgan fingerprint density at radius 1 is 1.30 bits per heavy atom. The summed E-state index contributed by atoms with van der Waals surface area (Å²) < 4.78 is 0.556. The van der Waals surface area contributed by atoms with Crippen molar-refractivity contribution in [1.82, 2.24) is 5.43 Å². The van der Waals surface area contributed by atoms with E-state index in [2.05, 4.69) is 26.5 Å². The number of hydrogen-bond acceptors (Lipinski definition) is 4. The van der Waals surface area contributed by atoms with E-state index in [1.807, 2.05) is 0 Å². The van der Waals surface area contributed by atoms with Crippen LogP contribution in [0.25, 0.3) is 0 Å². The van der Waals surface area contributed by atoms with Crippen molar-refractivity contribution in [2.75, 3.05) is 5.73 Å². The molecule has 2 aromatic carbocycles. The van der Waals surface area contributed by atoms with E-state index < -0.39 is 0 Å². The summed E-state index contributed by atoms with van der Waals surface area (Å²) >= 11 is 3.20. The van der Waals surface area contributed by atoms with Crippen molar-refractivity contribution < 1.29 is 9.90 Å². The molecule has 0 saturated heterocycles.